The number of fused-ring (bicyclic) bond motifs is 1. The third-order valence-corrected chi connectivity index (χ3v) is 5.88. The van der Waals surface area contributed by atoms with Crippen molar-refractivity contribution in [2.45, 2.75) is 38.1 Å². The van der Waals surface area contributed by atoms with Crippen LogP contribution in [0.15, 0.2) is 35.3 Å². The van der Waals surface area contributed by atoms with Gasteiger partial charge in [0.25, 0.3) is 0 Å². The number of nitrogens with zero attached hydrogens (tertiary/aromatic N) is 3. The van der Waals surface area contributed by atoms with E-state index in [1.54, 1.807) is 15.9 Å². The first-order valence-corrected chi connectivity index (χ1v) is 10.7. The van der Waals surface area contributed by atoms with Crippen LogP contribution in [0, 0.1) is 0 Å². The number of hydrogen-bond acceptors (Lipinski definition) is 5. The highest BCUT2D eigenvalue weighted by atomic mass is 16.4. The molecule has 2 amide bonds. The minimum atomic E-state index is -0.991. The molecule has 2 aromatic rings. The van der Waals surface area contributed by atoms with Crippen molar-refractivity contribution in [2.24, 2.45) is 0 Å². The maximum atomic E-state index is 13.0. The highest BCUT2D eigenvalue weighted by Crippen LogP contribution is 2.28. The van der Waals surface area contributed by atoms with Crippen molar-refractivity contribution in [2.75, 3.05) is 31.5 Å². The number of carbonyl (C=O) groups is 2. The second-order valence-electron chi connectivity index (χ2n) is 8.01. The van der Waals surface area contributed by atoms with Crippen LogP contribution in [-0.4, -0.2) is 63.1 Å². The Morgan fingerprint density at radius 3 is 2.84 bits per heavy atom. The lowest BCUT2D eigenvalue weighted by Gasteiger charge is -2.27. The molecule has 3 N–H and O–H groups in total. The SMILES string of the molecule is O=C(O)C[C@@H](c1ccc(=O)[nH]c1)N1CCN(CCCc2ccc3c(n2)NCCC3)C1=O. The molecular weight excluding hydrogens is 398 g/mol. The summed E-state index contributed by atoms with van der Waals surface area (Å²) in [4.78, 5) is 46.3. The van der Waals surface area contributed by atoms with Gasteiger partial charge < -0.3 is 25.2 Å². The van der Waals surface area contributed by atoms with E-state index in [9.17, 15) is 19.5 Å². The number of urea groups is 1. The number of H-pyrrole nitrogens is 1. The van der Waals surface area contributed by atoms with E-state index in [2.05, 4.69) is 22.4 Å². The maximum absolute atomic E-state index is 13.0. The number of carboxylic acids is 1. The van der Waals surface area contributed by atoms with Gasteiger partial charge in [-0.25, -0.2) is 9.78 Å². The molecule has 1 fully saturated rings. The van der Waals surface area contributed by atoms with Gasteiger partial charge in [-0.05, 0) is 42.9 Å². The Bertz CT molecular complexity index is 1000. The van der Waals surface area contributed by atoms with Gasteiger partial charge >= 0.3 is 12.0 Å². The van der Waals surface area contributed by atoms with E-state index in [-0.39, 0.29) is 18.0 Å². The summed E-state index contributed by atoms with van der Waals surface area (Å²) in [5, 5.41) is 12.7. The van der Waals surface area contributed by atoms with Gasteiger partial charge in [-0.3, -0.25) is 9.59 Å². The van der Waals surface area contributed by atoms with Crippen LogP contribution < -0.4 is 10.9 Å². The van der Waals surface area contributed by atoms with Gasteiger partial charge in [-0.15, -0.1) is 0 Å². The Labute approximate surface area is 180 Å². The molecule has 2 aliphatic heterocycles. The van der Waals surface area contributed by atoms with Gasteiger partial charge in [0, 0.05) is 44.1 Å². The van der Waals surface area contributed by atoms with Crippen molar-refractivity contribution in [1.82, 2.24) is 19.8 Å². The van der Waals surface area contributed by atoms with Crippen LogP contribution in [0.1, 0.15) is 42.1 Å². The van der Waals surface area contributed by atoms with Crippen LogP contribution in [-0.2, 0) is 17.6 Å². The van der Waals surface area contributed by atoms with Crippen molar-refractivity contribution in [3.05, 3.63) is 57.6 Å². The first kappa shape index (κ1) is 20.9. The second-order valence-corrected chi connectivity index (χ2v) is 8.01. The summed E-state index contributed by atoms with van der Waals surface area (Å²) < 4.78 is 0. The summed E-state index contributed by atoms with van der Waals surface area (Å²) in [6, 6.07) is 6.34. The zero-order valence-electron chi connectivity index (χ0n) is 17.3. The van der Waals surface area contributed by atoms with Gasteiger partial charge in [0.05, 0.1) is 12.5 Å². The van der Waals surface area contributed by atoms with Crippen molar-refractivity contribution < 1.29 is 14.7 Å². The molecule has 31 heavy (non-hydrogen) atoms. The number of amides is 2. The van der Waals surface area contributed by atoms with Crippen LogP contribution in [0.5, 0.6) is 0 Å². The number of aromatic amines is 1. The highest BCUT2D eigenvalue weighted by molar-refractivity contribution is 5.78. The summed E-state index contributed by atoms with van der Waals surface area (Å²) in [5.74, 6) is -0.0147. The molecular formula is C22H27N5O4. The average Bonchev–Trinajstić information content (AvgIpc) is 3.13. The molecule has 0 aromatic carbocycles. The lowest BCUT2D eigenvalue weighted by atomic mass is 10.0. The maximum Gasteiger partial charge on any atom is 0.320 e. The predicted octanol–water partition coefficient (Wildman–Crippen LogP) is 2.01. The first-order chi connectivity index (χ1) is 15.0. The summed E-state index contributed by atoms with van der Waals surface area (Å²) in [6.07, 6.45) is 5.02. The number of nitrogens with one attached hydrogen (secondary N) is 2. The minimum absolute atomic E-state index is 0.169. The Balaban J connectivity index is 1.36. The van der Waals surface area contributed by atoms with Crippen molar-refractivity contribution >= 4 is 17.8 Å². The van der Waals surface area contributed by atoms with E-state index in [1.165, 1.54) is 17.8 Å². The van der Waals surface area contributed by atoms with Crippen LogP contribution in [0.4, 0.5) is 10.6 Å². The Kier molecular flexibility index (Phi) is 6.20. The summed E-state index contributed by atoms with van der Waals surface area (Å²) in [6.45, 7) is 2.55. The quantitative estimate of drug-likeness (QED) is 0.595. The number of hydrogen-bond donors (Lipinski definition) is 3. The topological polar surface area (TPSA) is 119 Å². The van der Waals surface area contributed by atoms with Gasteiger partial charge in [0.2, 0.25) is 5.56 Å². The number of pyridine rings is 2. The van der Waals surface area contributed by atoms with E-state index < -0.39 is 12.0 Å². The van der Waals surface area contributed by atoms with E-state index in [0.717, 1.165) is 43.7 Å². The number of carboxylic acid groups (broad SMARTS) is 1. The number of carbonyl (C=O) groups excluding carboxylic acids is 1. The van der Waals surface area contributed by atoms with Crippen LogP contribution in [0.2, 0.25) is 0 Å². The van der Waals surface area contributed by atoms with Crippen LogP contribution >= 0.6 is 0 Å². The standard InChI is InChI=1S/C22H27N5O4/c28-19-8-6-16(14-24-19)18(13-20(29)30)27-12-11-26(22(27)31)10-2-4-17-7-5-15-3-1-9-23-21(15)25-17/h5-8,14,18H,1-4,9-13H2,(H,23,25)(H,24,28)(H,29,30)/t18-/m0/s1. The number of rotatable bonds is 8. The molecule has 0 saturated carbocycles. The molecule has 9 nitrogen and oxygen atoms in total. The molecule has 2 aromatic heterocycles. The Hall–Kier alpha value is -3.36. The number of aliphatic carboxylic acids is 1. The second kappa shape index (κ2) is 9.20. The normalized spacial score (nSPS) is 16.7. The molecule has 1 saturated heterocycles. The number of aryl methyl sites for hydroxylation is 2. The third-order valence-electron chi connectivity index (χ3n) is 5.88. The van der Waals surface area contributed by atoms with E-state index >= 15 is 0 Å². The van der Waals surface area contributed by atoms with E-state index in [0.29, 0.717) is 25.2 Å². The van der Waals surface area contributed by atoms with Gasteiger partial charge in [0.1, 0.15) is 5.82 Å². The zero-order chi connectivity index (χ0) is 21.8. The lowest BCUT2D eigenvalue weighted by molar-refractivity contribution is -0.138. The first-order valence-electron chi connectivity index (χ1n) is 10.7. The Morgan fingerprint density at radius 2 is 2.06 bits per heavy atom. The van der Waals surface area contributed by atoms with Crippen LogP contribution in [0.25, 0.3) is 0 Å². The summed E-state index contributed by atoms with van der Waals surface area (Å²) >= 11 is 0. The van der Waals surface area contributed by atoms with Crippen molar-refractivity contribution in [3.63, 3.8) is 0 Å². The van der Waals surface area contributed by atoms with E-state index in [1.807, 2.05) is 0 Å². The summed E-state index contributed by atoms with van der Waals surface area (Å²) in [7, 11) is 0. The molecule has 9 heteroatoms. The third kappa shape index (κ3) is 4.87. The van der Waals surface area contributed by atoms with Gasteiger partial charge in [0.15, 0.2) is 0 Å². The molecule has 1 atom stereocenters. The smallest absolute Gasteiger partial charge is 0.320 e. The lowest BCUT2D eigenvalue weighted by Crippen LogP contribution is -2.36. The number of anilines is 1. The minimum Gasteiger partial charge on any atom is -0.481 e. The number of aromatic nitrogens is 2. The monoisotopic (exact) mass is 425 g/mol. The highest BCUT2D eigenvalue weighted by Gasteiger charge is 2.35. The molecule has 164 valence electrons. The Morgan fingerprint density at radius 1 is 1.19 bits per heavy atom. The average molecular weight is 425 g/mol. The zero-order valence-corrected chi connectivity index (χ0v) is 17.3. The molecule has 4 rings (SSSR count). The van der Waals surface area contributed by atoms with E-state index in [4.69, 9.17) is 4.98 Å². The molecule has 2 aliphatic rings. The molecule has 0 radical (unpaired) electrons. The molecule has 0 aliphatic carbocycles. The van der Waals surface area contributed by atoms with Crippen LogP contribution in [0.3, 0.4) is 0 Å². The largest absolute Gasteiger partial charge is 0.481 e. The van der Waals surface area contributed by atoms with Crippen molar-refractivity contribution in [1.29, 1.82) is 0 Å². The van der Waals surface area contributed by atoms with Crippen molar-refractivity contribution in [3.8, 4) is 0 Å². The fourth-order valence-corrected chi connectivity index (χ4v) is 4.26. The molecule has 0 unspecified atom stereocenters. The molecule has 4 heterocycles. The molecule has 0 spiro atoms. The fraction of sp³-hybridized carbons (Fsp3) is 0.455. The van der Waals surface area contributed by atoms with Gasteiger partial charge in [-0.1, -0.05) is 12.1 Å². The fourth-order valence-electron chi connectivity index (χ4n) is 4.26. The van der Waals surface area contributed by atoms with Gasteiger partial charge in [-0.2, -0.15) is 0 Å². The molecule has 0 bridgehead atoms. The summed E-state index contributed by atoms with van der Waals surface area (Å²) in [5.41, 5.74) is 2.61. The predicted molar refractivity (Wildman–Crippen MR) is 115 cm³/mol.